The number of carbonyl (C=O) groups excluding carboxylic acids is 2. The van der Waals surface area contributed by atoms with Gasteiger partial charge in [-0.25, -0.2) is 4.98 Å². The molecule has 2 aliphatic heterocycles. The van der Waals surface area contributed by atoms with E-state index in [0.717, 1.165) is 35.5 Å². The van der Waals surface area contributed by atoms with E-state index in [-0.39, 0.29) is 29.9 Å². The zero-order valence-electron chi connectivity index (χ0n) is 20.3. The van der Waals surface area contributed by atoms with Crippen LogP contribution in [0.4, 0.5) is 5.82 Å². The van der Waals surface area contributed by atoms with Gasteiger partial charge in [0.25, 0.3) is 0 Å². The monoisotopic (exact) mass is 454 g/mol. The number of piperazine rings is 1. The van der Waals surface area contributed by atoms with E-state index < -0.39 is 5.97 Å². The molecule has 1 amide bonds. The average Bonchev–Trinajstić information content (AvgIpc) is 3.62. The SMILES string of the molecule is COC(=O)CC(=O)N1CCN(c2nc(C3CC3)c3c(c2C#N)CC(C)(C)OC3)CC1C(C)C. The molecular weight excluding hydrogens is 420 g/mol. The number of nitriles is 1. The van der Waals surface area contributed by atoms with Gasteiger partial charge >= 0.3 is 5.97 Å². The predicted octanol–water partition coefficient (Wildman–Crippen LogP) is 2.92. The molecule has 1 aliphatic carbocycles. The highest BCUT2D eigenvalue weighted by molar-refractivity contribution is 5.94. The maximum Gasteiger partial charge on any atom is 0.315 e. The van der Waals surface area contributed by atoms with Crippen molar-refractivity contribution >= 4 is 17.7 Å². The van der Waals surface area contributed by atoms with Crippen molar-refractivity contribution in [3.05, 3.63) is 22.4 Å². The molecule has 4 rings (SSSR count). The van der Waals surface area contributed by atoms with Crippen LogP contribution in [-0.2, 0) is 32.1 Å². The molecule has 1 atom stereocenters. The summed E-state index contributed by atoms with van der Waals surface area (Å²) >= 11 is 0. The van der Waals surface area contributed by atoms with Gasteiger partial charge in [-0.1, -0.05) is 13.8 Å². The Labute approximate surface area is 195 Å². The summed E-state index contributed by atoms with van der Waals surface area (Å²) in [5.41, 5.74) is 3.58. The first kappa shape index (κ1) is 23.5. The van der Waals surface area contributed by atoms with Gasteiger partial charge in [0.2, 0.25) is 5.91 Å². The highest BCUT2D eigenvalue weighted by atomic mass is 16.5. The lowest BCUT2D eigenvalue weighted by Gasteiger charge is -2.44. The summed E-state index contributed by atoms with van der Waals surface area (Å²) in [5.74, 6) is 0.636. The second kappa shape index (κ2) is 8.94. The van der Waals surface area contributed by atoms with E-state index in [0.29, 0.717) is 44.1 Å². The fourth-order valence-corrected chi connectivity index (χ4v) is 5.00. The first-order valence-corrected chi connectivity index (χ1v) is 11.9. The zero-order chi connectivity index (χ0) is 23.9. The molecule has 0 radical (unpaired) electrons. The first-order chi connectivity index (χ1) is 15.6. The van der Waals surface area contributed by atoms with Crippen molar-refractivity contribution in [3.8, 4) is 6.07 Å². The third kappa shape index (κ3) is 4.70. The summed E-state index contributed by atoms with van der Waals surface area (Å²) < 4.78 is 10.8. The average molecular weight is 455 g/mol. The molecule has 0 bridgehead atoms. The van der Waals surface area contributed by atoms with Crippen LogP contribution >= 0.6 is 0 Å². The van der Waals surface area contributed by atoms with Crippen molar-refractivity contribution in [2.24, 2.45) is 5.92 Å². The van der Waals surface area contributed by atoms with Gasteiger partial charge in [-0.15, -0.1) is 0 Å². The smallest absolute Gasteiger partial charge is 0.315 e. The van der Waals surface area contributed by atoms with Gasteiger partial charge in [0.1, 0.15) is 18.3 Å². The minimum absolute atomic E-state index is 0.0792. The maximum absolute atomic E-state index is 12.8. The molecule has 1 unspecified atom stereocenters. The fourth-order valence-electron chi connectivity index (χ4n) is 5.00. The molecule has 33 heavy (non-hydrogen) atoms. The number of amides is 1. The van der Waals surface area contributed by atoms with E-state index in [9.17, 15) is 14.9 Å². The minimum atomic E-state index is -0.521. The second-order valence-electron chi connectivity index (χ2n) is 10.4. The lowest BCUT2D eigenvalue weighted by Crippen LogP contribution is -2.58. The van der Waals surface area contributed by atoms with E-state index in [1.807, 2.05) is 0 Å². The van der Waals surface area contributed by atoms with Gasteiger partial charge in [-0.05, 0) is 38.2 Å². The molecule has 0 aromatic carbocycles. The molecule has 3 heterocycles. The zero-order valence-corrected chi connectivity index (χ0v) is 20.3. The van der Waals surface area contributed by atoms with Crippen LogP contribution in [0.25, 0.3) is 0 Å². The van der Waals surface area contributed by atoms with Crippen LogP contribution in [-0.4, -0.2) is 60.1 Å². The summed E-state index contributed by atoms with van der Waals surface area (Å²) in [6.45, 7) is 10.4. The quantitative estimate of drug-likeness (QED) is 0.499. The number of hydrogen-bond donors (Lipinski definition) is 0. The number of hydrogen-bond acceptors (Lipinski definition) is 7. The molecule has 1 saturated carbocycles. The van der Waals surface area contributed by atoms with Crippen LogP contribution in [0, 0.1) is 17.2 Å². The fraction of sp³-hybridized carbons (Fsp3) is 0.680. The summed E-state index contributed by atoms with van der Waals surface area (Å²) in [6, 6.07) is 2.38. The Balaban J connectivity index is 1.68. The van der Waals surface area contributed by atoms with Crippen molar-refractivity contribution in [2.45, 2.75) is 77.5 Å². The Bertz CT molecular complexity index is 993. The number of rotatable bonds is 5. The Morgan fingerprint density at radius 3 is 2.61 bits per heavy atom. The molecule has 1 aromatic heterocycles. The van der Waals surface area contributed by atoms with Crippen molar-refractivity contribution in [1.82, 2.24) is 9.88 Å². The van der Waals surface area contributed by atoms with Crippen LogP contribution < -0.4 is 4.90 Å². The molecule has 0 N–H and O–H groups in total. The van der Waals surface area contributed by atoms with Crippen molar-refractivity contribution in [3.63, 3.8) is 0 Å². The molecule has 8 nitrogen and oxygen atoms in total. The maximum atomic E-state index is 12.8. The Morgan fingerprint density at radius 1 is 1.27 bits per heavy atom. The van der Waals surface area contributed by atoms with Gasteiger partial charge < -0.3 is 19.3 Å². The third-order valence-electron chi connectivity index (χ3n) is 7.04. The normalized spacial score (nSPS) is 22.0. The van der Waals surface area contributed by atoms with E-state index in [1.165, 1.54) is 7.11 Å². The molecule has 178 valence electrons. The molecule has 2 fully saturated rings. The molecule has 0 spiro atoms. The third-order valence-corrected chi connectivity index (χ3v) is 7.04. The number of fused-ring (bicyclic) bond motifs is 1. The first-order valence-electron chi connectivity index (χ1n) is 11.9. The largest absolute Gasteiger partial charge is 0.469 e. The summed E-state index contributed by atoms with van der Waals surface area (Å²) in [5, 5.41) is 10.2. The molecule has 1 aromatic rings. The standard InChI is InChI=1S/C25H34N4O4/c1-15(2)20-13-28(8-9-29(20)21(30)10-22(31)32-5)24-18(12-26)17-11-25(3,4)33-14-19(17)23(27-24)16-6-7-16/h15-16,20H,6-11,13-14H2,1-5H3. The number of nitrogens with zero attached hydrogens (tertiary/aromatic N) is 4. The topological polar surface area (TPSA) is 95.8 Å². The van der Waals surface area contributed by atoms with Gasteiger partial charge in [0.15, 0.2) is 0 Å². The second-order valence-corrected chi connectivity index (χ2v) is 10.4. The lowest BCUT2D eigenvalue weighted by molar-refractivity contribution is -0.148. The van der Waals surface area contributed by atoms with Crippen molar-refractivity contribution in [1.29, 1.82) is 5.26 Å². The summed E-state index contributed by atoms with van der Waals surface area (Å²) in [6.07, 6.45) is 2.68. The Morgan fingerprint density at radius 2 is 2.00 bits per heavy atom. The van der Waals surface area contributed by atoms with Crippen LogP contribution in [0.15, 0.2) is 0 Å². The van der Waals surface area contributed by atoms with Gasteiger partial charge in [0.05, 0.1) is 36.6 Å². The number of ether oxygens (including phenoxy) is 2. The highest BCUT2D eigenvalue weighted by Gasteiger charge is 2.39. The van der Waals surface area contributed by atoms with Gasteiger partial charge in [0, 0.05) is 37.5 Å². The van der Waals surface area contributed by atoms with Crippen LogP contribution in [0.3, 0.4) is 0 Å². The number of methoxy groups -OCH3 is 1. The summed E-state index contributed by atoms with van der Waals surface area (Å²) in [7, 11) is 1.29. The number of aromatic nitrogens is 1. The van der Waals surface area contributed by atoms with Gasteiger partial charge in [-0.3, -0.25) is 9.59 Å². The minimum Gasteiger partial charge on any atom is -0.469 e. The molecule has 1 saturated heterocycles. The van der Waals surface area contributed by atoms with E-state index in [1.54, 1.807) is 4.90 Å². The van der Waals surface area contributed by atoms with Crippen molar-refractivity contribution < 1.29 is 19.1 Å². The predicted molar refractivity (Wildman–Crippen MR) is 123 cm³/mol. The van der Waals surface area contributed by atoms with E-state index in [2.05, 4.69) is 43.4 Å². The number of pyridine rings is 1. The number of carbonyl (C=O) groups is 2. The van der Waals surface area contributed by atoms with Crippen LogP contribution in [0.5, 0.6) is 0 Å². The number of esters is 1. The summed E-state index contributed by atoms with van der Waals surface area (Å²) in [4.78, 5) is 33.5. The van der Waals surface area contributed by atoms with Crippen molar-refractivity contribution in [2.75, 3.05) is 31.6 Å². The van der Waals surface area contributed by atoms with Crippen LogP contribution in [0.2, 0.25) is 0 Å². The Kier molecular flexibility index (Phi) is 6.37. The van der Waals surface area contributed by atoms with Gasteiger partial charge in [-0.2, -0.15) is 5.26 Å². The highest BCUT2D eigenvalue weighted by Crippen LogP contribution is 2.46. The molecule has 3 aliphatic rings. The molecule has 8 heteroatoms. The lowest BCUT2D eigenvalue weighted by atomic mass is 9.87. The van der Waals surface area contributed by atoms with E-state index in [4.69, 9.17) is 9.72 Å². The number of anilines is 1. The molecular formula is C25H34N4O4. The Hall–Kier alpha value is -2.66. The van der Waals surface area contributed by atoms with E-state index >= 15 is 0 Å². The van der Waals surface area contributed by atoms with Crippen LogP contribution in [0.1, 0.15) is 75.3 Å².